The first-order chi connectivity index (χ1) is 9.87. The molecular formula is C12H16F2N2O3S2. The molecule has 1 saturated carbocycles. The average molecular weight is 338 g/mol. The summed E-state index contributed by atoms with van der Waals surface area (Å²) in [5.41, 5.74) is 5.61. The maximum absolute atomic E-state index is 12.6. The molecule has 1 aliphatic rings. The minimum Gasteiger partial charge on any atom is -0.348 e. The first-order valence-electron chi connectivity index (χ1n) is 6.48. The number of hydrogen-bond acceptors (Lipinski definition) is 5. The second-order valence-corrected chi connectivity index (χ2v) is 7.73. The van der Waals surface area contributed by atoms with Gasteiger partial charge in [0.25, 0.3) is 5.91 Å². The van der Waals surface area contributed by atoms with Gasteiger partial charge in [-0.25, -0.2) is 8.42 Å². The van der Waals surface area contributed by atoms with E-state index in [0.717, 1.165) is 36.7 Å². The monoisotopic (exact) mass is 338 g/mol. The minimum absolute atomic E-state index is 0.133. The van der Waals surface area contributed by atoms with E-state index in [1.165, 1.54) is 5.38 Å². The molecule has 2 atom stereocenters. The van der Waals surface area contributed by atoms with Crippen LogP contribution in [0.1, 0.15) is 28.9 Å². The zero-order valence-corrected chi connectivity index (χ0v) is 12.7. The van der Waals surface area contributed by atoms with E-state index in [9.17, 15) is 22.0 Å². The Hall–Kier alpha value is -1.06. The Morgan fingerprint density at radius 3 is 2.81 bits per heavy atom. The highest BCUT2D eigenvalue weighted by molar-refractivity contribution is 7.92. The van der Waals surface area contributed by atoms with Gasteiger partial charge in [0, 0.05) is 6.04 Å². The molecule has 3 N–H and O–H groups in total. The first-order valence-corrected chi connectivity index (χ1v) is 8.91. The van der Waals surface area contributed by atoms with Gasteiger partial charge in [0.1, 0.15) is 4.88 Å². The van der Waals surface area contributed by atoms with E-state index < -0.39 is 26.4 Å². The van der Waals surface area contributed by atoms with Crippen LogP contribution in [0.4, 0.5) is 8.78 Å². The Bertz CT molecular complexity index is 616. The fraction of sp³-hybridized carbons (Fsp3) is 0.583. The number of carbonyl (C=O) groups excluding carboxylic acids is 1. The molecule has 0 radical (unpaired) electrons. The van der Waals surface area contributed by atoms with Crippen LogP contribution in [0.15, 0.2) is 16.3 Å². The Morgan fingerprint density at radius 2 is 2.19 bits per heavy atom. The molecule has 1 fully saturated rings. The molecule has 118 valence electrons. The summed E-state index contributed by atoms with van der Waals surface area (Å²) in [6, 6.07) is 0.905. The summed E-state index contributed by atoms with van der Waals surface area (Å²) in [6.45, 7) is 0.428. The maximum atomic E-state index is 12.6. The minimum atomic E-state index is -4.77. The summed E-state index contributed by atoms with van der Waals surface area (Å²) in [7, 11) is -4.77. The van der Waals surface area contributed by atoms with E-state index in [0.29, 0.717) is 6.54 Å². The lowest BCUT2D eigenvalue weighted by Crippen LogP contribution is -2.40. The lowest BCUT2D eigenvalue weighted by molar-refractivity contribution is 0.0930. The maximum Gasteiger partial charge on any atom is 0.341 e. The highest BCUT2D eigenvalue weighted by Gasteiger charge is 2.34. The molecule has 0 spiro atoms. The van der Waals surface area contributed by atoms with Crippen molar-refractivity contribution in [2.24, 2.45) is 11.7 Å². The zero-order valence-electron chi connectivity index (χ0n) is 11.1. The van der Waals surface area contributed by atoms with Gasteiger partial charge in [-0.05, 0) is 36.8 Å². The third-order valence-corrected chi connectivity index (χ3v) is 6.12. The first kappa shape index (κ1) is 16.3. The number of nitrogens with two attached hydrogens (primary N) is 1. The van der Waals surface area contributed by atoms with Crippen LogP contribution < -0.4 is 11.1 Å². The molecule has 1 heterocycles. The highest BCUT2D eigenvalue weighted by Crippen LogP contribution is 2.29. The van der Waals surface area contributed by atoms with Crippen molar-refractivity contribution in [3.8, 4) is 0 Å². The fourth-order valence-electron chi connectivity index (χ4n) is 2.53. The number of nitrogens with one attached hydrogen (secondary N) is 1. The molecule has 1 aromatic rings. The largest absolute Gasteiger partial charge is 0.348 e. The van der Waals surface area contributed by atoms with Crippen LogP contribution in [0, 0.1) is 5.92 Å². The van der Waals surface area contributed by atoms with Crippen LogP contribution in [0.2, 0.25) is 0 Å². The molecule has 1 aliphatic carbocycles. The van der Waals surface area contributed by atoms with Crippen LogP contribution in [0.25, 0.3) is 0 Å². The number of rotatable bonds is 5. The smallest absolute Gasteiger partial charge is 0.341 e. The predicted molar refractivity (Wildman–Crippen MR) is 75.2 cm³/mol. The topological polar surface area (TPSA) is 89.3 Å². The van der Waals surface area contributed by atoms with Crippen molar-refractivity contribution < 1.29 is 22.0 Å². The summed E-state index contributed by atoms with van der Waals surface area (Å²) in [6.07, 6.45) is 2.59. The van der Waals surface area contributed by atoms with Gasteiger partial charge in [-0.1, -0.05) is 6.42 Å². The molecule has 0 saturated heterocycles. The Kier molecular flexibility index (Phi) is 4.95. The number of thiophene rings is 1. The van der Waals surface area contributed by atoms with Crippen molar-refractivity contribution in [3.63, 3.8) is 0 Å². The summed E-state index contributed by atoms with van der Waals surface area (Å²) in [5.74, 6) is -4.03. The van der Waals surface area contributed by atoms with Gasteiger partial charge in [-0.15, -0.1) is 11.3 Å². The number of hydrogen-bond donors (Lipinski definition) is 2. The molecule has 21 heavy (non-hydrogen) atoms. The van der Waals surface area contributed by atoms with E-state index in [1.807, 2.05) is 0 Å². The fourth-order valence-corrected chi connectivity index (χ4v) is 4.60. The molecule has 9 heteroatoms. The van der Waals surface area contributed by atoms with Gasteiger partial charge >= 0.3 is 5.76 Å². The van der Waals surface area contributed by atoms with E-state index >= 15 is 0 Å². The Balaban J connectivity index is 2.20. The molecule has 2 rings (SSSR count). The van der Waals surface area contributed by atoms with Gasteiger partial charge in [0.15, 0.2) is 0 Å². The molecule has 2 unspecified atom stereocenters. The highest BCUT2D eigenvalue weighted by atomic mass is 32.2. The molecular weight excluding hydrogens is 322 g/mol. The summed E-state index contributed by atoms with van der Waals surface area (Å²) < 4.78 is 48.3. The number of alkyl halides is 2. The molecule has 1 amide bonds. The van der Waals surface area contributed by atoms with Crippen molar-refractivity contribution in [1.29, 1.82) is 0 Å². The van der Waals surface area contributed by atoms with Gasteiger partial charge in [-0.3, -0.25) is 4.79 Å². The number of carbonyl (C=O) groups is 1. The van der Waals surface area contributed by atoms with Gasteiger partial charge in [-0.2, -0.15) is 8.78 Å². The van der Waals surface area contributed by atoms with Crippen LogP contribution in [-0.2, 0) is 9.84 Å². The van der Waals surface area contributed by atoms with Crippen molar-refractivity contribution >= 4 is 27.1 Å². The van der Waals surface area contributed by atoms with Crippen molar-refractivity contribution in [2.45, 2.75) is 36.0 Å². The lowest BCUT2D eigenvalue weighted by Gasteiger charge is -2.19. The molecule has 5 nitrogen and oxygen atoms in total. The van der Waals surface area contributed by atoms with Crippen molar-refractivity contribution in [1.82, 2.24) is 5.32 Å². The second-order valence-electron chi connectivity index (χ2n) is 4.93. The van der Waals surface area contributed by atoms with Gasteiger partial charge < -0.3 is 11.1 Å². The molecule has 0 bridgehead atoms. The van der Waals surface area contributed by atoms with Crippen LogP contribution >= 0.6 is 11.3 Å². The van der Waals surface area contributed by atoms with Crippen molar-refractivity contribution in [2.75, 3.05) is 6.54 Å². The Morgan fingerprint density at radius 1 is 1.48 bits per heavy atom. The molecule has 0 aliphatic heterocycles. The number of sulfone groups is 1. The molecule has 1 aromatic heterocycles. The second kappa shape index (κ2) is 6.37. The number of amides is 1. The van der Waals surface area contributed by atoms with Crippen molar-refractivity contribution in [3.05, 3.63) is 16.3 Å². The normalized spacial score (nSPS) is 22.7. The lowest BCUT2D eigenvalue weighted by atomic mass is 10.0. The summed E-state index contributed by atoms with van der Waals surface area (Å²) in [4.78, 5) is 11.4. The van der Waals surface area contributed by atoms with E-state index in [2.05, 4.69) is 5.32 Å². The van der Waals surface area contributed by atoms with Crippen LogP contribution in [-0.4, -0.2) is 32.7 Å². The predicted octanol–water partition coefficient (Wildman–Crippen LogP) is 1.60. The van der Waals surface area contributed by atoms with E-state index in [4.69, 9.17) is 5.73 Å². The van der Waals surface area contributed by atoms with Crippen LogP contribution in [0.3, 0.4) is 0 Å². The standard InChI is InChI=1S/C12H16F2N2O3S2/c13-12(14)21(18,19)9-4-5-20-10(9)11(17)16-8-3-1-2-7(8)6-15/h4-5,7-8,12H,1-3,6,15H2,(H,16,17). The summed E-state index contributed by atoms with van der Waals surface area (Å²) in [5, 5.41) is 4.03. The van der Waals surface area contributed by atoms with E-state index in [1.54, 1.807) is 0 Å². The molecule has 0 aromatic carbocycles. The number of halogens is 2. The van der Waals surface area contributed by atoms with Gasteiger partial charge in [0.2, 0.25) is 9.84 Å². The van der Waals surface area contributed by atoms with Gasteiger partial charge in [0.05, 0.1) is 4.90 Å². The van der Waals surface area contributed by atoms with Crippen LogP contribution in [0.5, 0.6) is 0 Å². The quantitative estimate of drug-likeness (QED) is 0.853. The third kappa shape index (κ3) is 3.24. The third-order valence-electron chi connectivity index (χ3n) is 3.65. The van der Waals surface area contributed by atoms with E-state index in [-0.39, 0.29) is 16.8 Å². The summed E-state index contributed by atoms with van der Waals surface area (Å²) >= 11 is 0.838. The zero-order chi connectivity index (χ0) is 15.6. The SMILES string of the molecule is NCC1CCCC1NC(=O)c1sccc1S(=O)(=O)C(F)F. The Labute approximate surface area is 125 Å². The average Bonchev–Trinajstić information content (AvgIpc) is 3.06.